The molecule has 38 valence electrons. The van der Waals surface area contributed by atoms with Crippen molar-refractivity contribution < 1.29 is 0 Å². The zero-order valence-electron chi connectivity index (χ0n) is 4.46. The van der Waals surface area contributed by atoms with Crippen molar-refractivity contribution in [1.29, 1.82) is 0 Å². The maximum absolute atomic E-state index is 2.36. The Morgan fingerprint density at radius 2 is 2.25 bits per heavy atom. The molecule has 5 rings (SSSR count). The van der Waals surface area contributed by atoms with Crippen LogP contribution in [-0.4, -0.2) is 0 Å². The summed E-state index contributed by atoms with van der Waals surface area (Å²) in [5.41, 5.74) is 3.09. The van der Waals surface area contributed by atoms with E-state index in [2.05, 4.69) is 24.3 Å². The fourth-order valence-corrected chi connectivity index (χ4v) is 1.74. The molecular weight excluding hydrogens is 96.1 g/mol. The zero-order valence-corrected chi connectivity index (χ0v) is 4.46. The standard InChI is InChI=1S/C8H6/c1-2-6-4-7-5(1)3-8(6)7/h1-5,7H/t5-,7?/m0/s1. The van der Waals surface area contributed by atoms with E-state index in [1.807, 2.05) is 0 Å². The Hall–Kier alpha value is -0.780. The Morgan fingerprint density at radius 1 is 1.25 bits per heavy atom. The fourth-order valence-electron chi connectivity index (χ4n) is 1.74. The minimum absolute atomic E-state index is 0.794. The molecule has 0 aliphatic heterocycles. The monoisotopic (exact) mass is 102 g/mol. The summed E-state index contributed by atoms with van der Waals surface area (Å²) in [5, 5.41) is 0. The minimum atomic E-state index is 0.794. The van der Waals surface area contributed by atoms with Crippen LogP contribution in [0, 0.1) is 11.8 Å². The van der Waals surface area contributed by atoms with E-state index in [-0.39, 0.29) is 0 Å². The summed E-state index contributed by atoms with van der Waals surface area (Å²) in [5.74, 6) is 1.65. The SMILES string of the molecule is C1=C[C@H]2C=C3C1=CC32. The summed E-state index contributed by atoms with van der Waals surface area (Å²) in [6.07, 6.45) is 9.26. The molecule has 0 amide bonds. The normalized spacial score (nSPS) is 44.0. The van der Waals surface area contributed by atoms with Crippen molar-refractivity contribution >= 4 is 0 Å². The highest BCUT2D eigenvalue weighted by Crippen LogP contribution is 2.52. The van der Waals surface area contributed by atoms with E-state index in [0.29, 0.717) is 0 Å². The quantitative estimate of drug-likeness (QED) is 0.436. The van der Waals surface area contributed by atoms with Crippen molar-refractivity contribution in [3.05, 3.63) is 35.5 Å². The Balaban J connectivity index is 2.38. The Morgan fingerprint density at radius 3 is 2.38 bits per heavy atom. The van der Waals surface area contributed by atoms with Crippen LogP contribution in [0.25, 0.3) is 0 Å². The van der Waals surface area contributed by atoms with Gasteiger partial charge >= 0.3 is 0 Å². The van der Waals surface area contributed by atoms with Crippen LogP contribution >= 0.6 is 0 Å². The fraction of sp³-hybridized carbons (Fsp3) is 0.250. The maximum Gasteiger partial charge on any atom is 0.0128 e. The van der Waals surface area contributed by atoms with Crippen LogP contribution < -0.4 is 0 Å². The summed E-state index contributed by atoms with van der Waals surface area (Å²) >= 11 is 0. The second kappa shape index (κ2) is 0.732. The molecule has 0 saturated heterocycles. The lowest BCUT2D eigenvalue weighted by Crippen LogP contribution is -2.33. The topological polar surface area (TPSA) is 0 Å². The van der Waals surface area contributed by atoms with E-state index in [4.69, 9.17) is 0 Å². The van der Waals surface area contributed by atoms with Gasteiger partial charge in [-0.1, -0.05) is 24.3 Å². The van der Waals surface area contributed by atoms with Crippen LogP contribution in [0.4, 0.5) is 0 Å². The minimum Gasteiger partial charge on any atom is -0.0761 e. The third kappa shape index (κ3) is 0.158. The van der Waals surface area contributed by atoms with Crippen molar-refractivity contribution in [1.82, 2.24) is 0 Å². The molecule has 2 atom stereocenters. The van der Waals surface area contributed by atoms with Gasteiger partial charge in [-0.2, -0.15) is 0 Å². The van der Waals surface area contributed by atoms with Crippen molar-refractivity contribution in [3.63, 3.8) is 0 Å². The van der Waals surface area contributed by atoms with E-state index in [0.717, 1.165) is 11.8 Å². The third-order valence-corrected chi connectivity index (χ3v) is 2.34. The number of rotatable bonds is 0. The molecule has 0 radical (unpaired) electrons. The average molecular weight is 102 g/mol. The smallest absolute Gasteiger partial charge is 0.0128 e. The van der Waals surface area contributed by atoms with Gasteiger partial charge in [0.15, 0.2) is 0 Å². The lowest BCUT2D eigenvalue weighted by molar-refractivity contribution is 0.518. The highest BCUT2D eigenvalue weighted by Gasteiger charge is 2.40. The molecule has 4 bridgehead atoms. The van der Waals surface area contributed by atoms with Gasteiger partial charge in [0.25, 0.3) is 0 Å². The van der Waals surface area contributed by atoms with Gasteiger partial charge in [0.1, 0.15) is 0 Å². The molecule has 0 aromatic heterocycles. The predicted octanol–water partition coefficient (Wildman–Crippen LogP) is 1.67. The van der Waals surface area contributed by atoms with E-state index < -0.39 is 0 Å². The van der Waals surface area contributed by atoms with Crippen LogP contribution in [0.2, 0.25) is 0 Å². The highest BCUT2D eigenvalue weighted by molar-refractivity contribution is 5.63. The maximum atomic E-state index is 2.36. The van der Waals surface area contributed by atoms with Crippen LogP contribution in [0.15, 0.2) is 35.5 Å². The lowest BCUT2D eigenvalue weighted by Gasteiger charge is -2.44. The molecule has 0 saturated carbocycles. The van der Waals surface area contributed by atoms with E-state index in [9.17, 15) is 0 Å². The predicted molar refractivity (Wildman–Crippen MR) is 32.3 cm³/mol. The summed E-state index contributed by atoms with van der Waals surface area (Å²) in [7, 11) is 0. The van der Waals surface area contributed by atoms with Gasteiger partial charge in [-0.05, 0) is 11.1 Å². The van der Waals surface area contributed by atoms with Gasteiger partial charge in [0.2, 0.25) is 0 Å². The largest absolute Gasteiger partial charge is 0.0761 e. The number of allylic oxidation sites excluding steroid dienone is 6. The molecule has 0 heterocycles. The number of hydrogen-bond donors (Lipinski definition) is 0. The van der Waals surface area contributed by atoms with Crippen LogP contribution in [0.1, 0.15) is 0 Å². The highest BCUT2D eigenvalue weighted by atomic mass is 14.4. The second-order valence-corrected chi connectivity index (χ2v) is 2.71. The Bertz CT molecular complexity index is 241. The molecular formula is C8H6. The first-order valence-electron chi connectivity index (χ1n) is 3.07. The molecule has 5 aliphatic rings. The van der Waals surface area contributed by atoms with Crippen molar-refractivity contribution in [2.45, 2.75) is 0 Å². The van der Waals surface area contributed by atoms with Gasteiger partial charge in [-0.3, -0.25) is 0 Å². The summed E-state index contributed by atoms with van der Waals surface area (Å²) < 4.78 is 0. The molecule has 0 spiro atoms. The van der Waals surface area contributed by atoms with Gasteiger partial charge in [0, 0.05) is 11.8 Å². The van der Waals surface area contributed by atoms with Gasteiger partial charge < -0.3 is 0 Å². The average Bonchev–Trinajstić information content (AvgIpc) is 1.84. The first-order chi connectivity index (χ1) is 3.95. The summed E-state index contributed by atoms with van der Waals surface area (Å²) in [6, 6.07) is 0. The summed E-state index contributed by atoms with van der Waals surface area (Å²) in [4.78, 5) is 0. The third-order valence-electron chi connectivity index (χ3n) is 2.34. The van der Waals surface area contributed by atoms with E-state index in [1.165, 1.54) is 5.57 Å². The van der Waals surface area contributed by atoms with Gasteiger partial charge in [-0.25, -0.2) is 0 Å². The molecule has 8 heavy (non-hydrogen) atoms. The summed E-state index contributed by atoms with van der Waals surface area (Å²) in [6.45, 7) is 0. The molecule has 0 aromatic rings. The van der Waals surface area contributed by atoms with E-state index in [1.54, 1.807) is 5.57 Å². The molecule has 0 N–H and O–H groups in total. The molecule has 0 aromatic carbocycles. The van der Waals surface area contributed by atoms with Crippen LogP contribution in [0.5, 0.6) is 0 Å². The molecule has 5 aliphatic carbocycles. The van der Waals surface area contributed by atoms with Crippen molar-refractivity contribution in [2.24, 2.45) is 11.8 Å². The first kappa shape index (κ1) is 3.29. The van der Waals surface area contributed by atoms with Gasteiger partial charge in [-0.15, -0.1) is 0 Å². The second-order valence-electron chi connectivity index (χ2n) is 2.71. The zero-order chi connectivity index (χ0) is 5.14. The Kier molecular flexibility index (Phi) is 0.301. The molecule has 0 nitrogen and oxygen atoms in total. The Labute approximate surface area is 48.2 Å². The van der Waals surface area contributed by atoms with Crippen molar-refractivity contribution in [2.75, 3.05) is 0 Å². The molecule has 0 fully saturated rings. The van der Waals surface area contributed by atoms with Crippen LogP contribution in [-0.2, 0) is 0 Å². The van der Waals surface area contributed by atoms with Gasteiger partial charge in [0.05, 0.1) is 0 Å². The molecule has 0 heteroatoms. The van der Waals surface area contributed by atoms with Crippen molar-refractivity contribution in [3.8, 4) is 0 Å². The number of hydrogen-bond acceptors (Lipinski definition) is 0. The van der Waals surface area contributed by atoms with E-state index >= 15 is 0 Å². The van der Waals surface area contributed by atoms with Crippen LogP contribution in [0.3, 0.4) is 0 Å². The lowest BCUT2D eigenvalue weighted by atomic mass is 9.59. The molecule has 1 unspecified atom stereocenters. The first-order valence-corrected chi connectivity index (χ1v) is 3.07.